The number of sulfonamides is 1. The zero-order valence-corrected chi connectivity index (χ0v) is 19.9. The van der Waals surface area contributed by atoms with E-state index < -0.39 is 28.5 Å². The predicted octanol–water partition coefficient (Wildman–Crippen LogP) is 2.89. The van der Waals surface area contributed by atoms with Crippen molar-refractivity contribution in [3.05, 3.63) is 64.2 Å². The average molecular weight is 466 g/mol. The van der Waals surface area contributed by atoms with Crippen LogP contribution in [0.1, 0.15) is 23.6 Å². The molecule has 0 aliphatic carbocycles. The maximum Gasteiger partial charge on any atom is 0.244 e. The smallest absolute Gasteiger partial charge is 0.244 e. The molecule has 7 nitrogen and oxygen atoms in total. The molecule has 0 bridgehead atoms. The third kappa shape index (κ3) is 6.45. The molecule has 1 atom stereocenters. The van der Waals surface area contributed by atoms with Crippen LogP contribution in [-0.2, 0) is 26.2 Å². The van der Waals surface area contributed by atoms with Gasteiger partial charge in [0.2, 0.25) is 21.8 Å². The van der Waals surface area contributed by atoms with Crippen LogP contribution in [0.3, 0.4) is 0 Å². The molecule has 2 rings (SSSR count). The van der Waals surface area contributed by atoms with Crippen LogP contribution >= 0.6 is 11.6 Å². The van der Waals surface area contributed by atoms with Crippen LogP contribution < -0.4 is 9.62 Å². The van der Waals surface area contributed by atoms with Crippen molar-refractivity contribution in [2.75, 3.05) is 24.2 Å². The molecule has 2 aromatic rings. The summed E-state index contributed by atoms with van der Waals surface area (Å²) in [5, 5.41) is 2.94. The molecule has 0 radical (unpaired) electrons. The number of hydrogen-bond donors (Lipinski definition) is 1. The minimum Gasteiger partial charge on any atom is -0.357 e. The van der Waals surface area contributed by atoms with Crippen LogP contribution in [0.4, 0.5) is 5.69 Å². The lowest BCUT2D eigenvalue weighted by Crippen LogP contribution is -2.50. The van der Waals surface area contributed by atoms with Crippen molar-refractivity contribution in [3.63, 3.8) is 0 Å². The quantitative estimate of drug-likeness (QED) is 0.649. The fraction of sp³-hybridized carbons (Fsp3) is 0.364. The van der Waals surface area contributed by atoms with Crippen molar-refractivity contribution in [1.82, 2.24) is 10.2 Å². The van der Waals surface area contributed by atoms with E-state index in [4.69, 9.17) is 11.6 Å². The normalized spacial score (nSPS) is 12.2. The lowest BCUT2D eigenvalue weighted by Gasteiger charge is -2.31. The van der Waals surface area contributed by atoms with E-state index in [-0.39, 0.29) is 18.1 Å². The number of rotatable bonds is 8. The maximum absolute atomic E-state index is 13.3. The maximum atomic E-state index is 13.3. The van der Waals surface area contributed by atoms with Crippen molar-refractivity contribution in [2.45, 2.75) is 33.4 Å². The van der Waals surface area contributed by atoms with E-state index in [0.717, 1.165) is 27.3 Å². The van der Waals surface area contributed by atoms with Gasteiger partial charge in [0.1, 0.15) is 12.6 Å². The first-order chi connectivity index (χ1) is 14.4. The van der Waals surface area contributed by atoms with E-state index in [0.29, 0.717) is 5.02 Å². The number of nitrogens with one attached hydrogen (secondary N) is 1. The van der Waals surface area contributed by atoms with Gasteiger partial charge in [-0.3, -0.25) is 13.9 Å². The Kier molecular flexibility index (Phi) is 8.08. The van der Waals surface area contributed by atoms with E-state index in [9.17, 15) is 18.0 Å². The Labute approximate surface area is 189 Å². The highest BCUT2D eigenvalue weighted by atomic mass is 35.5. The molecule has 168 valence electrons. The third-order valence-electron chi connectivity index (χ3n) is 4.97. The van der Waals surface area contributed by atoms with Crippen molar-refractivity contribution in [1.29, 1.82) is 0 Å². The molecule has 0 fully saturated rings. The van der Waals surface area contributed by atoms with Gasteiger partial charge in [0.25, 0.3) is 0 Å². The molecule has 0 saturated heterocycles. The largest absolute Gasteiger partial charge is 0.357 e. The molecular formula is C22H28ClN3O4S. The first-order valence-electron chi connectivity index (χ1n) is 9.74. The van der Waals surface area contributed by atoms with Gasteiger partial charge in [-0.05, 0) is 44.0 Å². The summed E-state index contributed by atoms with van der Waals surface area (Å²) in [7, 11) is -2.29. The van der Waals surface area contributed by atoms with Gasteiger partial charge >= 0.3 is 0 Å². The third-order valence-corrected chi connectivity index (χ3v) is 6.52. The van der Waals surface area contributed by atoms with Gasteiger partial charge in [0.15, 0.2) is 0 Å². The standard InChI is InChI=1S/C22H28ClN3O4S/c1-15-7-6-8-18(11-15)13-25(17(3)22(28)24-4)21(27)14-26(31(5,29)30)19-10-9-16(2)20(23)12-19/h6-12,17H,13-14H2,1-5H3,(H,24,28)/t17-/m0/s1. The molecule has 0 saturated carbocycles. The Hall–Kier alpha value is -2.58. The van der Waals surface area contributed by atoms with E-state index in [1.165, 1.54) is 18.0 Å². The summed E-state index contributed by atoms with van der Waals surface area (Å²) in [6.07, 6.45) is 1.03. The second-order valence-corrected chi connectivity index (χ2v) is 9.82. The second kappa shape index (κ2) is 10.2. The molecule has 0 aromatic heterocycles. The van der Waals surface area contributed by atoms with Gasteiger partial charge in [-0.15, -0.1) is 0 Å². The summed E-state index contributed by atoms with van der Waals surface area (Å²) in [5.74, 6) is -0.843. The summed E-state index contributed by atoms with van der Waals surface area (Å²) >= 11 is 6.17. The minimum absolute atomic E-state index is 0.168. The summed E-state index contributed by atoms with van der Waals surface area (Å²) in [4.78, 5) is 27.0. The number of aryl methyl sites for hydroxylation is 2. The summed E-state index contributed by atoms with van der Waals surface area (Å²) in [6.45, 7) is 5.06. The van der Waals surface area contributed by atoms with Crippen LogP contribution in [0.15, 0.2) is 42.5 Å². The minimum atomic E-state index is -3.78. The van der Waals surface area contributed by atoms with Gasteiger partial charge in [-0.2, -0.15) is 0 Å². The van der Waals surface area contributed by atoms with Crippen molar-refractivity contribution >= 4 is 39.1 Å². The summed E-state index contributed by atoms with van der Waals surface area (Å²) in [6, 6.07) is 11.6. The highest BCUT2D eigenvalue weighted by Crippen LogP contribution is 2.25. The highest BCUT2D eigenvalue weighted by molar-refractivity contribution is 7.92. The zero-order chi connectivity index (χ0) is 23.3. The molecule has 0 heterocycles. The van der Waals surface area contributed by atoms with Crippen molar-refractivity contribution in [3.8, 4) is 0 Å². The molecular weight excluding hydrogens is 438 g/mol. The van der Waals surface area contributed by atoms with E-state index in [1.54, 1.807) is 26.0 Å². The topological polar surface area (TPSA) is 86.8 Å². The van der Waals surface area contributed by atoms with Crippen LogP contribution in [0, 0.1) is 13.8 Å². The van der Waals surface area contributed by atoms with E-state index >= 15 is 0 Å². The lowest BCUT2D eigenvalue weighted by molar-refractivity contribution is -0.139. The molecule has 0 unspecified atom stereocenters. The van der Waals surface area contributed by atoms with E-state index in [2.05, 4.69) is 5.32 Å². The van der Waals surface area contributed by atoms with Gasteiger partial charge in [0.05, 0.1) is 11.9 Å². The van der Waals surface area contributed by atoms with Gasteiger partial charge in [-0.25, -0.2) is 8.42 Å². The van der Waals surface area contributed by atoms with Gasteiger partial charge < -0.3 is 10.2 Å². The number of anilines is 1. The molecule has 2 aromatic carbocycles. The highest BCUT2D eigenvalue weighted by Gasteiger charge is 2.29. The molecule has 9 heteroatoms. The van der Waals surface area contributed by atoms with Crippen molar-refractivity contribution < 1.29 is 18.0 Å². The Morgan fingerprint density at radius 2 is 1.81 bits per heavy atom. The average Bonchev–Trinajstić information content (AvgIpc) is 2.70. The number of hydrogen-bond acceptors (Lipinski definition) is 4. The Bertz CT molecular complexity index is 1070. The van der Waals surface area contributed by atoms with Gasteiger partial charge in [-0.1, -0.05) is 47.5 Å². The van der Waals surface area contributed by atoms with Gasteiger partial charge in [0, 0.05) is 18.6 Å². The number of benzene rings is 2. The lowest BCUT2D eigenvalue weighted by atomic mass is 10.1. The zero-order valence-electron chi connectivity index (χ0n) is 18.3. The molecule has 2 amide bonds. The molecule has 1 N–H and O–H groups in total. The Morgan fingerprint density at radius 3 is 2.35 bits per heavy atom. The molecule has 0 spiro atoms. The predicted molar refractivity (Wildman–Crippen MR) is 124 cm³/mol. The van der Waals surface area contributed by atoms with E-state index in [1.807, 2.05) is 31.2 Å². The van der Waals surface area contributed by atoms with Crippen LogP contribution in [0.5, 0.6) is 0 Å². The number of amides is 2. The number of carbonyl (C=O) groups excluding carboxylic acids is 2. The van der Waals surface area contributed by atoms with Crippen LogP contribution in [0.25, 0.3) is 0 Å². The number of likely N-dealkylation sites (N-methyl/N-ethyl adjacent to an activating group) is 1. The fourth-order valence-electron chi connectivity index (χ4n) is 3.15. The number of carbonyl (C=O) groups is 2. The molecule has 0 aliphatic heterocycles. The Balaban J connectivity index is 2.40. The first kappa shape index (κ1) is 24.7. The molecule has 0 aliphatic rings. The van der Waals surface area contributed by atoms with Crippen LogP contribution in [-0.4, -0.2) is 51.0 Å². The fourth-order valence-corrected chi connectivity index (χ4v) is 4.17. The molecule has 31 heavy (non-hydrogen) atoms. The first-order valence-corrected chi connectivity index (χ1v) is 12.0. The van der Waals surface area contributed by atoms with Crippen molar-refractivity contribution in [2.24, 2.45) is 0 Å². The Morgan fingerprint density at radius 1 is 1.13 bits per heavy atom. The summed E-state index contributed by atoms with van der Waals surface area (Å²) < 4.78 is 26.0. The second-order valence-electron chi connectivity index (χ2n) is 7.50. The number of halogens is 1. The SMILES string of the molecule is CNC(=O)[C@H](C)N(Cc1cccc(C)c1)C(=O)CN(c1ccc(C)c(Cl)c1)S(C)(=O)=O. The van der Waals surface area contributed by atoms with Crippen LogP contribution in [0.2, 0.25) is 5.02 Å². The number of nitrogens with zero attached hydrogens (tertiary/aromatic N) is 2. The summed E-state index contributed by atoms with van der Waals surface area (Å²) in [5.41, 5.74) is 2.94. The monoisotopic (exact) mass is 465 g/mol.